The molecule has 0 radical (unpaired) electrons. The quantitative estimate of drug-likeness (QED) is 0.462. The molecule has 0 aliphatic carbocycles. The highest BCUT2D eigenvalue weighted by molar-refractivity contribution is 5.85. The predicted octanol–water partition coefficient (Wildman–Crippen LogP) is 3.57. The Bertz CT molecular complexity index is 1260. The van der Waals surface area contributed by atoms with E-state index in [4.69, 9.17) is 14.4 Å². The van der Waals surface area contributed by atoms with Gasteiger partial charge in [0.25, 0.3) is 0 Å². The molecule has 5 aromatic heterocycles. The molecule has 30 heavy (non-hydrogen) atoms. The molecule has 5 aromatic rings. The van der Waals surface area contributed by atoms with Crippen LogP contribution in [0.3, 0.4) is 0 Å². The molecule has 0 bridgehead atoms. The van der Waals surface area contributed by atoms with Crippen molar-refractivity contribution in [3.05, 3.63) is 67.2 Å². The Balaban J connectivity index is 1.45. The zero-order chi connectivity index (χ0) is 20.3. The van der Waals surface area contributed by atoms with Gasteiger partial charge in [-0.05, 0) is 30.7 Å². The van der Waals surface area contributed by atoms with Crippen LogP contribution in [0.25, 0.3) is 34.1 Å². The van der Waals surface area contributed by atoms with Crippen LogP contribution in [0, 0.1) is 0 Å². The monoisotopic (exact) mass is 398 g/mol. The first-order chi connectivity index (χ1) is 14.8. The summed E-state index contributed by atoms with van der Waals surface area (Å²) in [5, 5.41) is 3.38. The van der Waals surface area contributed by atoms with Crippen LogP contribution in [0.5, 0.6) is 0 Å². The zero-order valence-corrected chi connectivity index (χ0v) is 16.2. The fourth-order valence-corrected chi connectivity index (χ4v) is 3.11. The Morgan fingerprint density at radius 2 is 2.00 bits per heavy atom. The van der Waals surface area contributed by atoms with Gasteiger partial charge in [0.1, 0.15) is 17.5 Å². The van der Waals surface area contributed by atoms with Crippen molar-refractivity contribution in [1.82, 2.24) is 34.5 Å². The summed E-state index contributed by atoms with van der Waals surface area (Å²) in [6.45, 7) is 3.36. The summed E-state index contributed by atoms with van der Waals surface area (Å²) >= 11 is 0. The summed E-state index contributed by atoms with van der Waals surface area (Å²) in [4.78, 5) is 26.6. The Hall–Kier alpha value is -4.14. The molecule has 5 heterocycles. The minimum atomic E-state index is 0.498. The molecule has 0 atom stereocenters. The Kier molecular flexibility index (Phi) is 4.60. The van der Waals surface area contributed by atoms with Gasteiger partial charge >= 0.3 is 0 Å². The molecule has 0 aromatic carbocycles. The van der Waals surface area contributed by atoms with Gasteiger partial charge in [0.15, 0.2) is 17.3 Å². The van der Waals surface area contributed by atoms with Crippen LogP contribution in [0.2, 0.25) is 0 Å². The third-order valence-electron chi connectivity index (χ3n) is 4.66. The van der Waals surface area contributed by atoms with Crippen LogP contribution in [0.4, 0.5) is 5.82 Å². The summed E-state index contributed by atoms with van der Waals surface area (Å²) in [6, 6.07) is 7.67. The van der Waals surface area contributed by atoms with Crippen molar-refractivity contribution < 1.29 is 4.42 Å². The van der Waals surface area contributed by atoms with E-state index in [2.05, 4.69) is 32.2 Å². The van der Waals surface area contributed by atoms with Gasteiger partial charge in [0.2, 0.25) is 5.89 Å². The molecule has 0 spiro atoms. The maximum atomic E-state index is 5.28. The topological polar surface area (TPSA) is 107 Å². The second-order valence-corrected chi connectivity index (χ2v) is 6.58. The van der Waals surface area contributed by atoms with Gasteiger partial charge in [-0.1, -0.05) is 6.07 Å². The average molecular weight is 398 g/mol. The maximum absolute atomic E-state index is 5.28. The third kappa shape index (κ3) is 3.37. The number of hydrogen-bond acceptors (Lipinski definition) is 8. The van der Waals surface area contributed by atoms with Gasteiger partial charge in [-0.3, -0.25) is 9.97 Å². The number of nitrogens with one attached hydrogen (secondary N) is 1. The van der Waals surface area contributed by atoms with Gasteiger partial charge in [-0.25, -0.2) is 19.9 Å². The van der Waals surface area contributed by atoms with Gasteiger partial charge < -0.3 is 14.3 Å². The normalized spacial score (nSPS) is 11.1. The van der Waals surface area contributed by atoms with Crippen molar-refractivity contribution in [3.8, 4) is 23.0 Å². The second kappa shape index (κ2) is 7.70. The number of aryl methyl sites for hydroxylation is 1. The van der Waals surface area contributed by atoms with Gasteiger partial charge in [0.05, 0.1) is 12.5 Å². The first-order valence-electron chi connectivity index (χ1n) is 9.54. The van der Waals surface area contributed by atoms with E-state index in [9.17, 15) is 0 Å². The molecule has 148 valence electrons. The molecule has 0 saturated carbocycles. The largest absolute Gasteiger partial charge is 0.443 e. The van der Waals surface area contributed by atoms with E-state index >= 15 is 0 Å². The summed E-state index contributed by atoms with van der Waals surface area (Å²) in [5.41, 5.74) is 4.05. The van der Waals surface area contributed by atoms with Gasteiger partial charge in [-0.15, -0.1) is 0 Å². The molecule has 0 aliphatic rings. The molecule has 0 fully saturated rings. The molecule has 9 heteroatoms. The number of aromatic nitrogens is 7. The van der Waals surface area contributed by atoms with Crippen LogP contribution in [-0.2, 0) is 13.1 Å². The lowest BCUT2D eigenvalue weighted by Crippen LogP contribution is -2.05. The van der Waals surface area contributed by atoms with E-state index in [0.29, 0.717) is 29.8 Å². The minimum Gasteiger partial charge on any atom is -0.443 e. The van der Waals surface area contributed by atoms with Crippen molar-refractivity contribution in [1.29, 1.82) is 0 Å². The lowest BCUT2D eigenvalue weighted by molar-refractivity contribution is 0.572. The average Bonchev–Trinajstić information content (AvgIpc) is 3.48. The molecule has 9 nitrogen and oxygen atoms in total. The van der Waals surface area contributed by atoms with Crippen LogP contribution >= 0.6 is 0 Å². The number of oxazole rings is 1. The van der Waals surface area contributed by atoms with E-state index < -0.39 is 0 Å². The molecule has 0 saturated heterocycles. The Morgan fingerprint density at radius 1 is 1.03 bits per heavy atom. The standard InChI is InChI=1S/C21H18N8O/c1-2-29-13-26-17-19(27-18(28-20(17)29)15-4-3-7-22-12-15)25-11-14-5-6-16(24-10-14)21-23-8-9-30-21/h3-10,12-13H,2,11H2,1H3,(H,25,27,28). The highest BCUT2D eigenvalue weighted by Gasteiger charge is 2.14. The number of pyridine rings is 2. The highest BCUT2D eigenvalue weighted by Crippen LogP contribution is 2.24. The Labute approximate surface area is 171 Å². The zero-order valence-electron chi connectivity index (χ0n) is 16.2. The van der Waals surface area contributed by atoms with E-state index in [1.54, 1.807) is 31.1 Å². The van der Waals surface area contributed by atoms with Crippen molar-refractivity contribution >= 4 is 17.0 Å². The number of rotatable bonds is 6. The molecule has 0 aliphatic heterocycles. The SMILES string of the molecule is CCn1cnc2c(NCc3ccc(-c4ncco4)nc3)nc(-c3cccnc3)nc21. The van der Waals surface area contributed by atoms with E-state index in [1.165, 1.54) is 6.26 Å². The maximum Gasteiger partial charge on any atom is 0.244 e. The predicted molar refractivity (Wildman–Crippen MR) is 111 cm³/mol. The number of hydrogen-bond donors (Lipinski definition) is 1. The van der Waals surface area contributed by atoms with Crippen LogP contribution in [0.1, 0.15) is 12.5 Å². The lowest BCUT2D eigenvalue weighted by atomic mass is 10.2. The highest BCUT2D eigenvalue weighted by atomic mass is 16.3. The van der Waals surface area contributed by atoms with Crippen LogP contribution < -0.4 is 5.32 Å². The lowest BCUT2D eigenvalue weighted by Gasteiger charge is -2.09. The molecule has 0 unspecified atom stereocenters. The first kappa shape index (κ1) is 17.9. The fraction of sp³-hybridized carbons (Fsp3) is 0.143. The van der Waals surface area contributed by atoms with Crippen molar-refractivity contribution in [2.24, 2.45) is 0 Å². The van der Waals surface area contributed by atoms with Crippen molar-refractivity contribution in [2.45, 2.75) is 20.0 Å². The van der Waals surface area contributed by atoms with Gasteiger partial charge in [0, 0.05) is 37.2 Å². The van der Waals surface area contributed by atoms with Crippen molar-refractivity contribution in [3.63, 3.8) is 0 Å². The molecular formula is C21H18N8O. The summed E-state index contributed by atoms with van der Waals surface area (Å²) in [5.74, 6) is 1.77. The Morgan fingerprint density at radius 3 is 2.73 bits per heavy atom. The van der Waals surface area contributed by atoms with E-state index in [1.807, 2.05) is 28.8 Å². The summed E-state index contributed by atoms with van der Waals surface area (Å²) in [6.07, 6.45) is 10.2. The summed E-state index contributed by atoms with van der Waals surface area (Å²) < 4.78 is 7.28. The molecule has 5 rings (SSSR count). The number of anilines is 1. The van der Waals surface area contributed by atoms with Crippen LogP contribution in [0.15, 0.2) is 66.1 Å². The molecular weight excluding hydrogens is 380 g/mol. The van der Waals surface area contributed by atoms with Crippen LogP contribution in [-0.4, -0.2) is 34.5 Å². The fourth-order valence-electron chi connectivity index (χ4n) is 3.11. The number of nitrogens with zero attached hydrogens (tertiary/aromatic N) is 7. The smallest absolute Gasteiger partial charge is 0.244 e. The van der Waals surface area contributed by atoms with E-state index in [-0.39, 0.29) is 0 Å². The van der Waals surface area contributed by atoms with E-state index in [0.717, 1.165) is 28.8 Å². The first-order valence-corrected chi connectivity index (χ1v) is 9.54. The number of imidazole rings is 1. The van der Waals surface area contributed by atoms with Gasteiger partial charge in [-0.2, -0.15) is 0 Å². The molecule has 0 amide bonds. The second-order valence-electron chi connectivity index (χ2n) is 6.58. The van der Waals surface area contributed by atoms with Crippen molar-refractivity contribution in [2.75, 3.05) is 5.32 Å². The minimum absolute atomic E-state index is 0.498. The molecule has 1 N–H and O–H groups in total. The number of fused-ring (bicyclic) bond motifs is 1. The summed E-state index contributed by atoms with van der Waals surface area (Å²) in [7, 11) is 0. The third-order valence-corrected chi connectivity index (χ3v) is 4.66.